The molecule has 36 heavy (non-hydrogen) atoms. The molecule has 1 aromatic heterocycles. The number of aliphatic carboxylic acids is 1. The van der Waals surface area contributed by atoms with Crippen molar-refractivity contribution in [2.24, 2.45) is 0 Å². The second-order valence-electron chi connectivity index (χ2n) is 8.47. The average molecular weight is 519 g/mol. The Morgan fingerprint density at radius 1 is 1.17 bits per heavy atom. The van der Waals surface area contributed by atoms with E-state index in [0.717, 1.165) is 22.5 Å². The molecule has 1 aliphatic rings. The maximum absolute atomic E-state index is 12.5. The predicted octanol–water partition coefficient (Wildman–Crippen LogP) is 3.85. The van der Waals surface area contributed by atoms with Crippen molar-refractivity contribution in [2.75, 3.05) is 26.3 Å². The van der Waals surface area contributed by atoms with Gasteiger partial charge in [-0.05, 0) is 43.9 Å². The highest BCUT2D eigenvalue weighted by Crippen LogP contribution is 2.41. The first-order valence-electron chi connectivity index (χ1n) is 11.6. The fourth-order valence-corrected chi connectivity index (χ4v) is 5.39. The molecule has 2 aromatic rings. The number of ether oxygens (including phenoxy) is 2. The molecule has 10 nitrogen and oxygen atoms in total. The zero-order valence-electron chi connectivity index (χ0n) is 20.5. The van der Waals surface area contributed by atoms with Crippen LogP contribution in [0.3, 0.4) is 0 Å². The van der Waals surface area contributed by atoms with Gasteiger partial charge < -0.3 is 29.5 Å². The summed E-state index contributed by atoms with van der Waals surface area (Å²) in [6, 6.07) is 7.45. The van der Waals surface area contributed by atoms with Crippen molar-refractivity contribution >= 4 is 35.3 Å². The molecule has 0 atom stereocenters. The van der Waals surface area contributed by atoms with Gasteiger partial charge in [-0.2, -0.15) is 0 Å². The number of likely N-dealkylation sites (tertiary alicyclic amines) is 1. The van der Waals surface area contributed by atoms with Crippen molar-refractivity contribution < 1.29 is 38.9 Å². The highest BCUT2D eigenvalue weighted by Gasteiger charge is 2.29. The summed E-state index contributed by atoms with van der Waals surface area (Å²) >= 11 is 1.02. The zero-order valence-corrected chi connectivity index (χ0v) is 21.3. The molecule has 1 fully saturated rings. The van der Waals surface area contributed by atoms with Crippen LogP contribution in [0.25, 0.3) is 10.4 Å². The summed E-state index contributed by atoms with van der Waals surface area (Å²) in [5.41, 5.74) is 2.17. The fraction of sp³-hybridized carbons (Fsp3) is 0.440. The lowest BCUT2D eigenvalue weighted by atomic mass is 10.0. The van der Waals surface area contributed by atoms with Crippen LogP contribution in [0.5, 0.6) is 5.75 Å². The van der Waals surface area contributed by atoms with Gasteiger partial charge in [0, 0.05) is 43.0 Å². The molecule has 0 radical (unpaired) electrons. The summed E-state index contributed by atoms with van der Waals surface area (Å²) in [6.45, 7) is 6.06. The van der Waals surface area contributed by atoms with Crippen molar-refractivity contribution in [1.29, 1.82) is 0 Å². The molecule has 2 N–H and O–H groups in total. The van der Waals surface area contributed by atoms with Crippen molar-refractivity contribution in [1.82, 2.24) is 9.80 Å². The van der Waals surface area contributed by atoms with E-state index in [2.05, 4.69) is 0 Å². The summed E-state index contributed by atoms with van der Waals surface area (Å²) < 4.78 is 10.3. The van der Waals surface area contributed by atoms with E-state index in [1.165, 1.54) is 6.92 Å². The van der Waals surface area contributed by atoms with Gasteiger partial charge in [-0.1, -0.05) is 18.2 Å². The van der Waals surface area contributed by atoms with E-state index in [0.29, 0.717) is 49.5 Å². The first-order valence-corrected chi connectivity index (χ1v) is 12.4. The van der Waals surface area contributed by atoms with E-state index in [1.807, 2.05) is 24.3 Å². The lowest BCUT2D eigenvalue weighted by Crippen LogP contribution is -2.48. The molecular weight excluding hydrogens is 488 g/mol. The minimum Gasteiger partial charge on any atom is -0.480 e. The van der Waals surface area contributed by atoms with Crippen molar-refractivity contribution in [2.45, 2.75) is 46.2 Å². The molecule has 2 heterocycles. The number of carbonyl (C=O) groups excluding carboxylic acids is 2. The second kappa shape index (κ2) is 11.9. The first kappa shape index (κ1) is 27.0. The number of carboxylic acids is 2. The van der Waals surface area contributed by atoms with Gasteiger partial charge in [0.05, 0.1) is 6.61 Å². The molecule has 0 aliphatic carbocycles. The molecule has 0 unspecified atom stereocenters. The highest BCUT2D eigenvalue weighted by molar-refractivity contribution is 7.18. The molecule has 1 aliphatic heterocycles. The van der Waals surface area contributed by atoms with Crippen LogP contribution >= 0.6 is 11.3 Å². The van der Waals surface area contributed by atoms with Crippen LogP contribution < -0.4 is 4.74 Å². The second-order valence-corrected chi connectivity index (χ2v) is 9.49. The molecule has 2 amide bonds. The quantitative estimate of drug-likeness (QED) is 0.511. The minimum atomic E-state index is -1.20. The van der Waals surface area contributed by atoms with E-state index >= 15 is 0 Å². The van der Waals surface area contributed by atoms with Crippen LogP contribution in [-0.4, -0.2) is 76.3 Å². The van der Waals surface area contributed by atoms with Crippen molar-refractivity contribution in [3.05, 3.63) is 40.3 Å². The van der Waals surface area contributed by atoms with Crippen LogP contribution in [0.2, 0.25) is 0 Å². The van der Waals surface area contributed by atoms with Gasteiger partial charge in [-0.25, -0.2) is 14.4 Å². The molecule has 3 rings (SSSR count). The molecule has 194 valence electrons. The molecule has 0 bridgehead atoms. The van der Waals surface area contributed by atoms with Gasteiger partial charge in [-0.3, -0.25) is 4.79 Å². The number of thiophene rings is 1. The molecular formula is C25H30N2O8S. The molecule has 0 spiro atoms. The van der Waals surface area contributed by atoms with E-state index in [1.54, 1.807) is 23.6 Å². The topological polar surface area (TPSA) is 134 Å². The Morgan fingerprint density at radius 3 is 2.44 bits per heavy atom. The SMILES string of the molecule is CCOC(=O)N1CCC(N(Cc2cccc(-c3sc(C(=O)O)c(OCC(=O)O)c3C)c2)C(C)=O)CC1. The number of aromatic carboxylic acids is 1. The van der Waals surface area contributed by atoms with E-state index in [4.69, 9.17) is 14.6 Å². The van der Waals surface area contributed by atoms with Crippen LogP contribution in [-0.2, 0) is 20.9 Å². The third kappa shape index (κ3) is 6.34. The number of carbonyl (C=O) groups is 4. The summed E-state index contributed by atoms with van der Waals surface area (Å²) in [6.07, 6.45) is 0.958. The van der Waals surface area contributed by atoms with Crippen molar-refractivity contribution in [3.8, 4) is 16.2 Å². The Morgan fingerprint density at radius 2 is 1.86 bits per heavy atom. The van der Waals surface area contributed by atoms with Gasteiger partial charge in [0.1, 0.15) is 5.75 Å². The van der Waals surface area contributed by atoms with Crippen LogP contribution in [0.1, 0.15) is 47.5 Å². The van der Waals surface area contributed by atoms with Gasteiger partial charge >= 0.3 is 18.0 Å². The maximum Gasteiger partial charge on any atom is 0.409 e. The Labute approximate surface area is 213 Å². The molecule has 0 saturated carbocycles. The van der Waals surface area contributed by atoms with Crippen molar-refractivity contribution in [3.63, 3.8) is 0 Å². The zero-order chi connectivity index (χ0) is 26.4. The number of benzene rings is 1. The Bertz CT molecular complexity index is 1140. The van der Waals surface area contributed by atoms with Gasteiger partial charge in [0.15, 0.2) is 11.5 Å². The molecule has 1 aromatic carbocycles. The summed E-state index contributed by atoms with van der Waals surface area (Å²) in [4.78, 5) is 51.2. The number of hydrogen-bond acceptors (Lipinski definition) is 7. The first-order chi connectivity index (χ1) is 17.1. The summed E-state index contributed by atoms with van der Waals surface area (Å²) in [7, 11) is 0. The monoisotopic (exact) mass is 518 g/mol. The Hall–Kier alpha value is -3.60. The van der Waals surface area contributed by atoms with E-state index < -0.39 is 18.5 Å². The molecule has 11 heteroatoms. The van der Waals surface area contributed by atoms with Gasteiger partial charge in [-0.15, -0.1) is 11.3 Å². The standard InChI is InChI=1S/C25H30N2O8S/c1-4-34-25(33)26-10-8-19(9-11-26)27(16(3)28)13-17-6-5-7-18(12-17)22-15(2)21(35-14-20(29)30)23(36-22)24(31)32/h5-7,12,19H,4,8-11,13-14H2,1-3H3,(H,29,30)(H,31,32). The fourth-order valence-electron chi connectivity index (χ4n) is 4.30. The Balaban J connectivity index is 1.80. The van der Waals surface area contributed by atoms with Gasteiger partial charge in [0.2, 0.25) is 5.91 Å². The van der Waals surface area contributed by atoms with Gasteiger partial charge in [0.25, 0.3) is 0 Å². The number of rotatable bonds is 9. The van der Waals surface area contributed by atoms with Crippen LogP contribution in [0.4, 0.5) is 4.79 Å². The number of amides is 2. The maximum atomic E-state index is 12.5. The largest absolute Gasteiger partial charge is 0.480 e. The van der Waals surface area contributed by atoms with E-state index in [-0.39, 0.29) is 28.7 Å². The highest BCUT2D eigenvalue weighted by atomic mass is 32.1. The normalized spacial score (nSPS) is 13.8. The third-order valence-corrected chi connectivity index (χ3v) is 7.31. The smallest absolute Gasteiger partial charge is 0.409 e. The van der Waals surface area contributed by atoms with Crippen LogP contribution in [0, 0.1) is 6.92 Å². The number of piperidine rings is 1. The summed E-state index contributed by atoms with van der Waals surface area (Å²) in [5, 5.41) is 18.5. The number of nitrogens with zero attached hydrogens (tertiary/aromatic N) is 2. The number of carboxylic acid groups (broad SMARTS) is 2. The summed E-state index contributed by atoms with van der Waals surface area (Å²) in [5.74, 6) is -2.41. The number of hydrogen-bond donors (Lipinski definition) is 2. The molecule has 1 saturated heterocycles. The third-order valence-electron chi connectivity index (χ3n) is 6.00. The predicted molar refractivity (Wildman–Crippen MR) is 132 cm³/mol. The average Bonchev–Trinajstić information content (AvgIpc) is 3.18. The lowest BCUT2D eigenvalue weighted by molar-refractivity contribution is -0.139. The lowest BCUT2D eigenvalue weighted by Gasteiger charge is -2.37. The van der Waals surface area contributed by atoms with E-state index in [9.17, 15) is 24.3 Å². The van der Waals surface area contributed by atoms with Crippen LogP contribution in [0.15, 0.2) is 24.3 Å². The Kier molecular flexibility index (Phi) is 8.92. The minimum absolute atomic E-state index is 0.0186.